The number of aromatic nitrogens is 2. The van der Waals surface area contributed by atoms with Gasteiger partial charge in [-0.25, -0.2) is 4.98 Å². The summed E-state index contributed by atoms with van der Waals surface area (Å²) >= 11 is 0. The van der Waals surface area contributed by atoms with E-state index < -0.39 is 4.92 Å². The molecular formula is C9H15N3O2. The highest BCUT2D eigenvalue weighted by molar-refractivity contribution is 5.10. The predicted octanol–water partition coefficient (Wildman–Crippen LogP) is 2.44. The highest BCUT2D eigenvalue weighted by Crippen LogP contribution is 2.09. The summed E-state index contributed by atoms with van der Waals surface area (Å²) in [5.74, 6) is -0.157. The Morgan fingerprint density at radius 3 is 2.86 bits per heavy atom. The molecule has 5 nitrogen and oxygen atoms in total. The van der Waals surface area contributed by atoms with Crippen molar-refractivity contribution in [3.05, 3.63) is 22.0 Å². The minimum Gasteiger partial charge on any atom is -0.390 e. The van der Waals surface area contributed by atoms with E-state index in [1.54, 1.807) is 6.20 Å². The first kappa shape index (κ1) is 10.7. The van der Waals surface area contributed by atoms with Gasteiger partial charge in [0, 0.05) is 6.42 Å². The maximum atomic E-state index is 10.3. The second kappa shape index (κ2) is 5.36. The highest BCUT2D eigenvalue weighted by atomic mass is 16.6. The minimum atomic E-state index is -0.504. The Balaban J connectivity index is 2.33. The number of unbranched alkanes of at least 4 members (excludes halogenated alkanes) is 3. The third kappa shape index (κ3) is 3.16. The first-order valence-corrected chi connectivity index (χ1v) is 4.92. The van der Waals surface area contributed by atoms with Gasteiger partial charge < -0.3 is 10.1 Å². The maximum absolute atomic E-state index is 10.3. The zero-order chi connectivity index (χ0) is 10.4. The second-order valence-electron chi connectivity index (χ2n) is 3.30. The molecule has 0 aliphatic heterocycles. The molecule has 0 atom stereocenters. The zero-order valence-electron chi connectivity index (χ0n) is 8.32. The fourth-order valence-electron chi connectivity index (χ4n) is 1.31. The Hall–Kier alpha value is -1.39. The predicted molar refractivity (Wildman–Crippen MR) is 53.1 cm³/mol. The zero-order valence-corrected chi connectivity index (χ0v) is 8.32. The lowest BCUT2D eigenvalue weighted by molar-refractivity contribution is -0.393. The van der Waals surface area contributed by atoms with Crippen LogP contribution in [-0.4, -0.2) is 14.9 Å². The lowest BCUT2D eigenvalue weighted by Gasteiger charge is -1.94. The molecule has 1 heterocycles. The molecule has 0 saturated carbocycles. The molecule has 0 amide bonds. The molecule has 0 unspecified atom stereocenters. The number of nitro groups is 1. The van der Waals surface area contributed by atoms with Crippen LogP contribution in [0, 0.1) is 10.1 Å². The molecule has 1 aromatic heterocycles. The van der Waals surface area contributed by atoms with Crippen molar-refractivity contribution >= 4 is 5.95 Å². The topological polar surface area (TPSA) is 71.8 Å². The summed E-state index contributed by atoms with van der Waals surface area (Å²) in [4.78, 5) is 16.1. The Kier molecular flexibility index (Phi) is 4.10. The van der Waals surface area contributed by atoms with Gasteiger partial charge >= 0.3 is 5.95 Å². The molecule has 0 saturated heterocycles. The van der Waals surface area contributed by atoms with Crippen molar-refractivity contribution in [3.8, 4) is 0 Å². The minimum absolute atomic E-state index is 0.157. The van der Waals surface area contributed by atoms with Gasteiger partial charge in [0.2, 0.25) is 0 Å². The molecule has 0 aliphatic carbocycles. The largest absolute Gasteiger partial charge is 0.432 e. The Labute approximate surface area is 82.7 Å². The van der Waals surface area contributed by atoms with Crippen LogP contribution in [0.15, 0.2) is 6.20 Å². The van der Waals surface area contributed by atoms with Gasteiger partial charge in [0.1, 0.15) is 11.9 Å². The van der Waals surface area contributed by atoms with Gasteiger partial charge in [-0.2, -0.15) is 0 Å². The van der Waals surface area contributed by atoms with Crippen molar-refractivity contribution in [2.24, 2.45) is 0 Å². The van der Waals surface area contributed by atoms with E-state index >= 15 is 0 Å². The summed E-state index contributed by atoms with van der Waals surface area (Å²) < 4.78 is 0. The molecule has 0 spiro atoms. The average Bonchev–Trinajstić information content (AvgIpc) is 2.61. The van der Waals surface area contributed by atoms with Gasteiger partial charge in [-0.15, -0.1) is 0 Å². The number of aryl methyl sites for hydroxylation is 1. The lowest BCUT2D eigenvalue weighted by Crippen LogP contribution is -1.90. The van der Waals surface area contributed by atoms with Gasteiger partial charge in [0.05, 0.1) is 0 Å². The molecule has 0 aromatic carbocycles. The standard InChI is InChI=1S/C9H15N3O2/c1-2-3-4-5-6-8-7-10-9(11-8)12(13)14/h7H,2-6H2,1H3,(H,10,11). The van der Waals surface area contributed by atoms with Crippen LogP contribution in [0.2, 0.25) is 0 Å². The Morgan fingerprint density at radius 1 is 1.50 bits per heavy atom. The molecule has 78 valence electrons. The number of nitrogens with one attached hydrogen (secondary N) is 1. The maximum Gasteiger partial charge on any atom is 0.432 e. The third-order valence-electron chi connectivity index (χ3n) is 2.09. The van der Waals surface area contributed by atoms with Crippen molar-refractivity contribution in [1.29, 1.82) is 0 Å². The molecule has 0 fully saturated rings. The molecule has 0 radical (unpaired) electrons. The summed E-state index contributed by atoms with van der Waals surface area (Å²) in [6.45, 7) is 2.15. The summed E-state index contributed by atoms with van der Waals surface area (Å²) in [5, 5.41) is 10.3. The second-order valence-corrected chi connectivity index (χ2v) is 3.30. The third-order valence-corrected chi connectivity index (χ3v) is 2.09. The van der Waals surface area contributed by atoms with Crippen molar-refractivity contribution < 1.29 is 4.92 Å². The smallest absolute Gasteiger partial charge is 0.390 e. The van der Waals surface area contributed by atoms with E-state index in [1.807, 2.05) is 0 Å². The van der Waals surface area contributed by atoms with Crippen LogP contribution >= 0.6 is 0 Å². The van der Waals surface area contributed by atoms with E-state index in [1.165, 1.54) is 19.3 Å². The number of hydrogen-bond acceptors (Lipinski definition) is 3. The molecule has 1 N–H and O–H groups in total. The van der Waals surface area contributed by atoms with E-state index in [2.05, 4.69) is 16.9 Å². The normalized spacial score (nSPS) is 10.4. The number of rotatable bonds is 6. The molecule has 1 aromatic rings. The van der Waals surface area contributed by atoms with Gasteiger partial charge in [-0.3, -0.25) is 0 Å². The van der Waals surface area contributed by atoms with Crippen LogP contribution in [0.5, 0.6) is 0 Å². The highest BCUT2D eigenvalue weighted by Gasteiger charge is 2.09. The fourth-order valence-corrected chi connectivity index (χ4v) is 1.31. The van der Waals surface area contributed by atoms with Crippen LogP contribution in [0.3, 0.4) is 0 Å². The van der Waals surface area contributed by atoms with Crippen LogP contribution in [0.1, 0.15) is 38.3 Å². The van der Waals surface area contributed by atoms with Crippen LogP contribution < -0.4 is 0 Å². The van der Waals surface area contributed by atoms with Gasteiger partial charge in [-0.1, -0.05) is 31.2 Å². The Bertz CT molecular complexity index is 296. The van der Waals surface area contributed by atoms with Crippen molar-refractivity contribution in [1.82, 2.24) is 9.97 Å². The monoisotopic (exact) mass is 197 g/mol. The number of aromatic amines is 1. The van der Waals surface area contributed by atoms with Gasteiger partial charge in [0.25, 0.3) is 0 Å². The summed E-state index contributed by atoms with van der Waals surface area (Å²) in [5.41, 5.74) is 0.854. The fraction of sp³-hybridized carbons (Fsp3) is 0.667. The SMILES string of the molecule is CCCCCCc1cnc([N+](=O)[O-])[nH]1. The number of nitrogens with zero attached hydrogens (tertiary/aromatic N) is 2. The van der Waals surface area contributed by atoms with E-state index in [0.29, 0.717) is 0 Å². The number of hydrogen-bond donors (Lipinski definition) is 1. The average molecular weight is 197 g/mol. The molecule has 0 bridgehead atoms. The van der Waals surface area contributed by atoms with E-state index in [9.17, 15) is 10.1 Å². The molecule has 5 heteroatoms. The summed E-state index contributed by atoms with van der Waals surface area (Å²) in [7, 11) is 0. The van der Waals surface area contributed by atoms with Crippen LogP contribution in [0.25, 0.3) is 0 Å². The molecular weight excluding hydrogens is 182 g/mol. The van der Waals surface area contributed by atoms with Crippen molar-refractivity contribution in [2.45, 2.75) is 39.0 Å². The quantitative estimate of drug-likeness (QED) is 0.432. The van der Waals surface area contributed by atoms with Gasteiger partial charge in [0.15, 0.2) is 0 Å². The van der Waals surface area contributed by atoms with Gasteiger partial charge in [-0.05, 0) is 11.3 Å². The molecule has 0 aliphatic rings. The van der Waals surface area contributed by atoms with Crippen molar-refractivity contribution in [2.75, 3.05) is 0 Å². The molecule has 1 rings (SSSR count). The lowest BCUT2D eigenvalue weighted by atomic mass is 10.1. The number of imidazole rings is 1. The van der Waals surface area contributed by atoms with E-state index in [0.717, 1.165) is 18.5 Å². The van der Waals surface area contributed by atoms with Crippen molar-refractivity contribution in [3.63, 3.8) is 0 Å². The van der Waals surface area contributed by atoms with E-state index in [4.69, 9.17) is 0 Å². The summed E-state index contributed by atoms with van der Waals surface area (Å²) in [6, 6.07) is 0. The number of H-pyrrole nitrogens is 1. The van der Waals surface area contributed by atoms with Crippen LogP contribution in [-0.2, 0) is 6.42 Å². The first-order chi connectivity index (χ1) is 6.74. The molecule has 14 heavy (non-hydrogen) atoms. The Morgan fingerprint density at radius 2 is 2.29 bits per heavy atom. The first-order valence-electron chi connectivity index (χ1n) is 4.92. The summed E-state index contributed by atoms with van der Waals surface area (Å²) in [6.07, 6.45) is 7.04. The van der Waals surface area contributed by atoms with Crippen LogP contribution in [0.4, 0.5) is 5.95 Å². The van der Waals surface area contributed by atoms with E-state index in [-0.39, 0.29) is 5.95 Å².